The average molecular weight is 334 g/mol. The molecule has 1 saturated carbocycles. The molecule has 5 heteroatoms. The van der Waals surface area contributed by atoms with Gasteiger partial charge < -0.3 is 20.5 Å². The third-order valence-electron chi connectivity index (χ3n) is 5.14. The summed E-state index contributed by atoms with van der Waals surface area (Å²) < 4.78 is 11.5. The molecule has 1 aliphatic rings. The second kappa shape index (κ2) is 7.11. The molecule has 0 aliphatic heterocycles. The molecule has 0 saturated heterocycles. The molecule has 0 bridgehead atoms. The van der Waals surface area contributed by atoms with Crippen molar-refractivity contribution >= 4 is 5.91 Å². The number of carbonyl (C=O) groups excluding carboxylic acids is 1. The molecule has 2 rings (SSSR count). The van der Waals surface area contributed by atoms with Gasteiger partial charge in [-0.1, -0.05) is 31.5 Å². The highest BCUT2D eigenvalue weighted by Crippen LogP contribution is 2.49. The standard InChI is InChI=1S/C19H30N2O3/c1-6-23-16-11-19(20,18(16,4)5)17(22)21-12-14(3)24-15-9-7-13(2)8-10-15/h7-10,14,16H,6,11-12,20H2,1-5H3,(H,21,22). The van der Waals surface area contributed by atoms with Crippen LogP contribution in [0.3, 0.4) is 0 Å². The molecule has 3 atom stereocenters. The van der Waals surface area contributed by atoms with E-state index < -0.39 is 5.54 Å². The molecule has 1 aliphatic carbocycles. The van der Waals surface area contributed by atoms with E-state index in [2.05, 4.69) is 5.32 Å². The molecule has 1 aromatic carbocycles. The van der Waals surface area contributed by atoms with Gasteiger partial charge in [-0.3, -0.25) is 4.79 Å². The van der Waals surface area contributed by atoms with Crippen LogP contribution in [0.5, 0.6) is 5.75 Å². The lowest BCUT2D eigenvalue weighted by atomic mass is 9.54. The number of nitrogens with one attached hydrogen (secondary N) is 1. The third kappa shape index (κ3) is 3.57. The zero-order valence-electron chi connectivity index (χ0n) is 15.4. The number of hydrogen-bond acceptors (Lipinski definition) is 4. The minimum absolute atomic E-state index is 0.0273. The van der Waals surface area contributed by atoms with Crippen LogP contribution in [0.4, 0.5) is 0 Å². The zero-order chi connectivity index (χ0) is 18.0. The number of amides is 1. The van der Waals surface area contributed by atoms with Gasteiger partial charge in [0.2, 0.25) is 5.91 Å². The summed E-state index contributed by atoms with van der Waals surface area (Å²) >= 11 is 0. The SMILES string of the molecule is CCOC1CC(N)(C(=O)NCC(C)Oc2ccc(C)cc2)C1(C)C. The summed E-state index contributed by atoms with van der Waals surface area (Å²) in [7, 11) is 0. The van der Waals surface area contributed by atoms with E-state index in [1.807, 2.05) is 58.9 Å². The van der Waals surface area contributed by atoms with Gasteiger partial charge in [0.05, 0.1) is 12.6 Å². The molecule has 1 fully saturated rings. The monoisotopic (exact) mass is 334 g/mol. The van der Waals surface area contributed by atoms with E-state index in [0.717, 1.165) is 5.75 Å². The molecular formula is C19H30N2O3. The number of rotatable bonds is 7. The van der Waals surface area contributed by atoms with Gasteiger partial charge in [-0.2, -0.15) is 0 Å². The molecule has 24 heavy (non-hydrogen) atoms. The van der Waals surface area contributed by atoms with Crippen LogP contribution in [0.25, 0.3) is 0 Å². The molecule has 1 amide bonds. The fourth-order valence-electron chi connectivity index (χ4n) is 3.11. The van der Waals surface area contributed by atoms with E-state index in [1.54, 1.807) is 0 Å². The quantitative estimate of drug-likeness (QED) is 0.803. The first-order chi connectivity index (χ1) is 11.2. The van der Waals surface area contributed by atoms with Crippen molar-refractivity contribution in [2.75, 3.05) is 13.2 Å². The third-order valence-corrected chi connectivity index (χ3v) is 5.14. The molecule has 3 unspecified atom stereocenters. The van der Waals surface area contributed by atoms with Gasteiger partial charge in [0.25, 0.3) is 0 Å². The van der Waals surface area contributed by atoms with Crippen molar-refractivity contribution in [2.24, 2.45) is 11.1 Å². The van der Waals surface area contributed by atoms with E-state index in [4.69, 9.17) is 15.2 Å². The molecule has 0 spiro atoms. The number of ether oxygens (including phenoxy) is 2. The highest BCUT2D eigenvalue weighted by molar-refractivity contribution is 5.88. The molecule has 0 heterocycles. The van der Waals surface area contributed by atoms with E-state index in [1.165, 1.54) is 5.56 Å². The molecule has 0 aromatic heterocycles. The maximum atomic E-state index is 12.6. The summed E-state index contributed by atoms with van der Waals surface area (Å²) in [6.07, 6.45) is 0.443. The summed E-state index contributed by atoms with van der Waals surface area (Å²) in [5.41, 5.74) is 6.28. The smallest absolute Gasteiger partial charge is 0.240 e. The number of aryl methyl sites for hydroxylation is 1. The van der Waals surface area contributed by atoms with Gasteiger partial charge in [0.1, 0.15) is 17.4 Å². The summed E-state index contributed by atoms with van der Waals surface area (Å²) in [6, 6.07) is 7.86. The summed E-state index contributed by atoms with van der Waals surface area (Å²) in [6.45, 7) is 10.9. The van der Waals surface area contributed by atoms with Crippen molar-refractivity contribution < 1.29 is 14.3 Å². The minimum atomic E-state index is -0.892. The molecule has 0 radical (unpaired) electrons. The first-order valence-corrected chi connectivity index (χ1v) is 8.63. The Morgan fingerprint density at radius 1 is 1.38 bits per heavy atom. The number of hydrogen-bond donors (Lipinski definition) is 2. The van der Waals surface area contributed by atoms with E-state index in [-0.39, 0.29) is 23.5 Å². The lowest BCUT2D eigenvalue weighted by Crippen LogP contribution is -2.76. The molecule has 1 aromatic rings. The van der Waals surface area contributed by atoms with Gasteiger partial charge in [-0.25, -0.2) is 0 Å². The molecule has 3 N–H and O–H groups in total. The second-order valence-corrected chi connectivity index (χ2v) is 7.29. The second-order valence-electron chi connectivity index (χ2n) is 7.29. The van der Waals surface area contributed by atoms with Gasteiger partial charge in [0.15, 0.2) is 0 Å². The maximum absolute atomic E-state index is 12.6. The van der Waals surface area contributed by atoms with Crippen molar-refractivity contribution in [3.05, 3.63) is 29.8 Å². The summed E-state index contributed by atoms with van der Waals surface area (Å²) in [5, 5.41) is 2.93. The van der Waals surface area contributed by atoms with E-state index in [0.29, 0.717) is 19.6 Å². The van der Waals surface area contributed by atoms with Gasteiger partial charge in [-0.15, -0.1) is 0 Å². The lowest BCUT2D eigenvalue weighted by Gasteiger charge is -2.57. The number of nitrogens with two attached hydrogens (primary N) is 1. The largest absolute Gasteiger partial charge is 0.489 e. The molecule has 134 valence electrons. The van der Waals surface area contributed by atoms with Crippen LogP contribution >= 0.6 is 0 Å². The van der Waals surface area contributed by atoms with Crippen LogP contribution in [0.2, 0.25) is 0 Å². The van der Waals surface area contributed by atoms with E-state index >= 15 is 0 Å². The number of benzene rings is 1. The Labute approximate surface area is 144 Å². The zero-order valence-corrected chi connectivity index (χ0v) is 15.4. The predicted octanol–water partition coefficient (Wildman–Crippen LogP) is 2.41. The first kappa shape index (κ1) is 18.7. The lowest BCUT2D eigenvalue weighted by molar-refractivity contribution is -0.170. The molecular weight excluding hydrogens is 304 g/mol. The number of carbonyl (C=O) groups is 1. The van der Waals surface area contributed by atoms with Crippen LogP contribution in [-0.2, 0) is 9.53 Å². The van der Waals surface area contributed by atoms with Crippen LogP contribution in [0, 0.1) is 12.3 Å². The van der Waals surface area contributed by atoms with Gasteiger partial charge in [-0.05, 0) is 32.9 Å². The van der Waals surface area contributed by atoms with Gasteiger partial charge in [0, 0.05) is 18.4 Å². The molecule has 5 nitrogen and oxygen atoms in total. The fourth-order valence-corrected chi connectivity index (χ4v) is 3.11. The maximum Gasteiger partial charge on any atom is 0.240 e. The first-order valence-electron chi connectivity index (χ1n) is 8.63. The highest BCUT2D eigenvalue weighted by Gasteiger charge is 2.62. The fraction of sp³-hybridized carbons (Fsp3) is 0.632. The van der Waals surface area contributed by atoms with Crippen LogP contribution < -0.4 is 15.8 Å². The van der Waals surface area contributed by atoms with Crippen LogP contribution in [-0.4, -0.2) is 36.8 Å². The van der Waals surface area contributed by atoms with E-state index in [9.17, 15) is 4.79 Å². The Hall–Kier alpha value is -1.59. The Morgan fingerprint density at radius 2 is 2.00 bits per heavy atom. The predicted molar refractivity (Wildman–Crippen MR) is 95.0 cm³/mol. The Morgan fingerprint density at radius 3 is 2.54 bits per heavy atom. The topological polar surface area (TPSA) is 73.6 Å². The van der Waals surface area contributed by atoms with Crippen molar-refractivity contribution in [2.45, 2.75) is 58.8 Å². The van der Waals surface area contributed by atoms with Crippen LogP contribution in [0.15, 0.2) is 24.3 Å². The Balaban J connectivity index is 1.85. The van der Waals surface area contributed by atoms with Crippen molar-refractivity contribution in [1.29, 1.82) is 0 Å². The summed E-state index contributed by atoms with van der Waals surface area (Å²) in [5.74, 6) is 0.660. The van der Waals surface area contributed by atoms with Crippen molar-refractivity contribution in [3.8, 4) is 5.75 Å². The van der Waals surface area contributed by atoms with Gasteiger partial charge >= 0.3 is 0 Å². The van der Waals surface area contributed by atoms with Crippen molar-refractivity contribution in [3.63, 3.8) is 0 Å². The normalized spacial score (nSPS) is 26.3. The van der Waals surface area contributed by atoms with Crippen LogP contribution in [0.1, 0.15) is 39.7 Å². The Kier molecular flexibility index (Phi) is 5.56. The minimum Gasteiger partial charge on any atom is -0.489 e. The summed E-state index contributed by atoms with van der Waals surface area (Å²) in [4.78, 5) is 12.6. The highest BCUT2D eigenvalue weighted by atomic mass is 16.5. The Bertz CT molecular complexity index is 570. The van der Waals surface area contributed by atoms with Crippen molar-refractivity contribution in [1.82, 2.24) is 5.32 Å². The average Bonchev–Trinajstić information content (AvgIpc) is 2.54.